The quantitative estimate of drug-likeness (QED) is 0.301. The predicted octanol–water partition coefficient (Wildman–Crippen LogP) is 5.52. The number of carbonyl (C=O) groups excluding carboxylic acids is 1. The van der Waals surface area contributed by atoms with Gasteiger partial charge in [-0.05, 0) is 51.4 Å². The highest BCUT2D eigenvalue weighted by molar-refractivity contribution is 5.81. The van der Waals surface area contributed by atoms with Gasteiger partial charge in [0.1, 0.15) is 18.4 Å². The van der Waals surface area contributed by atoms with E-state index < -0.39 is 18.1 Å². The molecule has 0 saturated heterocycles. The fourth-order valence-corrected chi connectivity index (χ4v) is 4.95. The Hall–Kier alpha value is -4.58. The van der Waals surface area contributed by atoms with Crippen molar-refractivity contribution in [3.8, 4) is 16.9 Å². The number of rotatable bonds is 8. The summed E-state index contributed by atoms with van der Waals surface area (Å²) in [6.45, 7) is 0.0873. The molecule has 6 heteroatoms. The van der Waals surface area contributed by atoms with Gasteiger partial charge in [0.05, 0.1) is 0 Å². The Morgan fingerprint density at radius 3 is 2.08 bits per heavy atom. The molecule has 6 nitrogen and oxygen atoms in total. The van der Waals surface area contributed by atoms with Crippen LogP contribution in [0.1, 0.15) is 33.7 Å². The highest BCUT2D eigenvalue weighted by atomic mass is 16.5. The number of carbonyl (C=O) groups is 2. The lowest BCUT2D eigenvalue weighted by Gasteiger charge is -2.18. The van der Waals surface area contributed by atoms with E-state index in [0.29, 0.717) is 12.0 Å². The number of aliphatic carboxylic acids is 1. The standard InChI is InChI=1S/C31H27NO5/c33-29-15-14-21(16-20-8-2-1-3-9-20)17-22(29)18-28(30(34)35)32-31(36)37-19-27-25-12-6-4-10-23(25)24-11-5-7-13-26(24)27/h1-15,17,27-28,33H,16,18-19H2,(H,32,36)(H,34,35). The molecule has 1 amide bonds. The number of amides is 1. The third-order valence-electron chi connectivity index (χ3n) is 6.75. The van der Waals surface area contributed by atoms with Crippen molar-refractivity contribution in [2.75, 3.05) is 6.61 Å². The number of benzene rings is 4. The highest BCUT2D eigenvalue weighted by Gasteiger charge is 2.30. The maximum atomic E-state index is 12.7. The first-order valence-electron chi connectivity index (χ1n) is 12.2. The molecule has 0 aromatic heterocycles. The Morgan fingerprint density at radius 1 is 0.811 bits per heavy atom. The molecule has 186 valence electrons. The van der Waals surface area contributed by atoms with Gasteiger partial charge in [0.15, 0.2) is 0 Å². The van der Waals surface area contributed by atoms with Gasteiger partial charge in [-0.3, -0.25) is 0 Å². The molecule has 1 aliphatic carbocycles. The summed E-state index contributed by atoms with van der Waals surface area (Å²) in [6, 6.07) is 29.7. The second kappa shape index (κ2) is 10.6. The first-order chi connectivity index (χ1) is 18.0. The SMILES string of the molecule is O=C(NC(Cc1cc(Cc2ccccc2)ccc1O)C(=O)O)OCC1c2ccccc2-c2ccccc21. The van der Waals surface area contributed by atoms with Crippen LogP contribution in [0.5, 0.6) is 5.75 Å². The van der Waals surface area contributed by atoms with E-state index in [1.54, 1.807) is 18.2 Å². The molecule has 0 fully saturated rings. The van der Waals surface area contributed by atoms with E-state index in [-0.39, 0.29) is 24.7 Å². The maximum Gasteiger partial charge on any atom is 0.407 e. The highest BCUT2D eigenvalue weighted by Crippen LogP contribution is 2.44. The van der Waals surface area contributed by atoms with Gasteiger partial charge in [0.2, 0.25) is 0 Å². The van der Waals surface area contributed by atoms with E-state index in [1.807, 2.05) is 78.9 Å². The van der Waals surface area contributed by atoms with Crippen LogP contribution in [0.15, 0.2) is 97.1 Å². The van der Waals surface area contributed by atoms with Crippen LogP contribution in [0.4, 0.5) is 4.79 Å². The number of carboxylic acids is 1. The monoisotopic (exact) mass is 493 g/mol. The van der Waals surface area contributed by atoms with Gasteiger partial charge in [-0.1, -0.05) is 91.0 Å². The Balaban J connectivity index is 1.25. The lowest BCUT2D eigenvalue weighted by atomic mass is 9.98. The number of carboxylic acid groups (broad SMARTS) is 1. The van der Waals surface area contributed by atoms with Gasteiger partial charge < -0.3 is 20.3 Å². The molecule has 4 aromatic carbocycles. The lowest BCUT2D eigenvalue weighted by molar-refractivity contribution is -0.139. The number of fused-ring (bicyclic) bond motifs is 3. The van der Waals surface area contributed by atoms with Gasteiger partial charge in [-0.2, -0.15) is 0 Å². The third-order valence-corrected chi connectivity index (χ3v) is 6.75. The van der Waals surface area contributed by atoms with Crippen LogP contribution in [0, 0.1) is 0 Å². The molecule has 0 radical (unpaired) electrons. The Morgan fingerprint density at radius 2 is 1.43 bits per heavy atom. The van der Waals surface area contributed by atoms with Crippen molar-refractivity contribution in [1.29, 1.82) is 0 Å². The molecule has 0 aliphatic heterocycles. The zero-order chi connectivity index (χ0) is 25.8. The van der Waals surface area contributed by atoms with Crippen molar-refractivity contribution < 1.29 is 24.5 Å². The summed E-state index contributed by atoms with van der Waals surface area (Å²) in [7, 11) is 0. The lowest BCUT2D eigenvalue weighted by Crippen LogP contribution is -2.43. The van der Waals surface area contributed by atoms with Crippen LogP contribution in [-0.4, -0.2) is 34.9 Å². The predicted molar refractivity (Wildman–Crippen MR) is 141 cm³/mol. The molecule has 1 unspecified atom stereocenters. The molecule has 37 heavy (non-hydrogen) atoms. The van der Waals surface area contributed by atoms with E-state index in [0.717, 1.165) is 33.4 Å². The number of hydrogen-bond donors (Lipinski definition) is 3. The summed E-state index contributed by atoms with van der Waals surface area (Å²) < 4.78 is 5.52. The Bertz CT molecular complexity index is 1390. The van der Waals surface area contributed by atoms with Crippen LogP contribution < -0.4 is 5.32 Å². The Labute approximate surface area is 215 Å². The van der Waals surface area contributed by atoms with E-state index in [4.69, 9.17) is 4.74 Å². The number of alkyl carbamates (subject to hydrolysis) is 1. The van der Waals surface area contributed by atoms with E-state index in [2.05, 4.69) is 5.32 Å². The average molecular weight is 494 g/mol. The fourth-order valence-electron chi connectivity index (χ4n) is 4.95. The molecule has 0 spiro atoms. The minimum Gasteiger partial charge on any atom is -0.508 e. The van der Waals surface area contributed by atoms with Crippen LogP contribution >= 0.6 is 0 Å². The second-order valence-corrected chi connectivity index (χ2v) is 9.19. The summed E-state index contributed by atoms with van der Waals surface area (Å²) in [5.74, 6) is -1.35. The molecule has 0 bridgehead atoms. The first kappa shape index (κ1) is 24.1. The maximum absolute atomic E-state index is 12.7. The van der Waals surface area contributed by atoms with Crippen molar-refractivity contribution in [3.63, 3.8) is 0 Å². The van der Waals surface area contributed by atoms with Crippen molar-refractivity contribution in [2.45, 2.75) is 24.8 Å². The molecule has 4 aromatic rings. The van der Waals surface area contributed by atoms with Crippen LogP contribution in [0.25, 0.3) is 11.1 Å². The van der Waals surface area contributed by atoms with Crippen LogP contribution in [0.2, 0.25) is 0 Å². The molecule has 0 heterocycles. The summed E-state index contributed by atoms with van der Waals surface area (Å²) in [4.78, 5) is 24.6. The number of ether oxygens (including phenoxy) is 1. The molecular weight excluding hydrogens is 466 g/mol. The van der Waals surface area contributed by atoms with Gasteiger partial charge in [0.25, 0.3) is 0 Å². The first-order valence-corrected chi connectivity index (χ1v) is 12.2. The van der Waals surface area contributed by atoms with Crippen LogP contribution in [0.3, 0.4) is 0 Å². The van der Waals surface area contributed by atoms with E-state index in [1.165, 1.54) is 0 Å². The number of aromatic hydroxyl groups is 1. The number of phenols is 1. The van der Waals surface area contributed by atoms with Gasteiger partial charge in [-0.25, -0.2) is 9.59 Å². The largest absolute Gasteiger partial charge is 0.508 e. The van der Waals surface area contributed by atoms with Gasteiger partial charge in [0, 0.05) is 12.3 Å². The zero-order valence-electron chi connectivity index (χ0n) is 20.1. The summed E-state index contributed by atoms with van der Waals surface area (Å²) in [6.07, 6.45) is -0.242. The van der Waals surface area contributed by atoms with Crippen molar-refractivity contribution >= 4 is 12.1 Å². The molecular formula is C31H27NO5. The number of phenolic OH excluding ortho intramolecular Hbond substituents is 1. The van der Waals surface area contributed by atoms with E-state index >= 15 is 0 Å². The second-order valence-electron chi connectivity index (χ2n) is 9.19. The smallest absolute Gasteiger partial charge is 0.407 e. The minimum atomic E-state index is -1.26. The van der Waals surface area contributed by atoms with Gasteiger partial charge in [-0.15, -0.1) is 0 Å². The number of nitrogens with one attached hydrogen (secondary N) is 1. The molecule has 0 saturated carbocycles. The summed E-state index contributed by atoms with van der Waals surface area (Å²) in [5.41, 5.74) is 6.86. The van der Waals surface area contributed by atoms with E-state index in [9.17, 15) is 19.8 Å². The number of hydrogen-bond acceptors (Lipinski definition) is 4. The normalized spacial score (nSPS) is 12.9. The fraction of sp³-hybridized carbons (Fsp3) is 0.161. The van der Waals surface area contributed by atoms with Crippen LogP contribution in [-0.2, 0) is 22.4 Å². The van der Waals surface area contributed by atoms with Crippen molar-refractivity contribution in [3.05, 3.63) is 125 Å². The summed E-state index contributed by atoms with van der Waals surface area (Å²) >= 11 is 0. The molecule has 3 N–H and O–H groups in total. The van der Waals surface area contributed by atoms with Gasteiger partial charge >= 0.3 is 12.1 Å². The average Bonchev–Trinajstić information content (AvgIpc) is 3.23. The summed E-state index contributed by atoms with van der Waals surface area (Å²) in [5, 5.41) is 22.6. The molecule has 1 aliphatic rings. The van der Waals surface area contributed by atoms with Crippen molar-refractivity contribution in [1.82, 2.24) is 5.32 Å². The topological polar surface area (TPSA) is 95.9 Å². The van der Waals surface area contributed by atoms with Crippen molar-refractivity contribution in [2.24, 2.45) is 0 Å². The minimum absolute atomic E-state index is 0.0163. The molecule has 5 rings (SSSR count). The zero-order valence-corrected chi connectivity index (χ0v) is 20.1. The molecule has 1 atom stereocenters. The third kappa shape index (κ3) is 5.33. The Kier molecular flexibility index (Phi) is 6.90.